The van der Waals surface area contributed by atoms with Crippen LogP contribution in [0.1, 0.15) is 118 Å². The fraction of sp³-hybridized carbons (Fsp3) is 0.605. The van der Waals surface area contributed by atoms with E-state index in [0.717, 1.165) is 23.6 Å². The van der Waals surface area contributed by atoms with Gasteiger partial charge in [-0.3, -0.25) is 14.4 Å². The van der Waals surface area contributed by atoms with Crippen LogP contribution in [-0.4, -0.2) is 43.9 Å². The van der Waals surface area contributed by atoms with E-state index in [9.17, 15) is 20.1 Å². The van der Waals surface area contributed by atoms with Gasteiger partial charge in [0.15, 0.2) is 28.8 Å². The molecule has 7 nitrogen and oxygen atoms in total. The van der Waals surface area contributed by atoms with Crippen molar-refractivity contribution < 1.29 is 34.4 Å². The number of benzene rings is 1. The zero-order valence-corrected chi connectivity index (χ0v) is 28.4. The Kier molecular flexibility index (Phi) is 7.68. The van der Waals surface area contributed by atoms with Crippen LogP contribution in [0.4, 0.5) is 0 Å². The molecule has 3 N–H and O–H groups in total. The minimum absolute atomic E-state index is 0.0149. The van der Waals surface area contributed by atoms with Crippen LogP contribution in [0.5, 0.6) is 11.5 Å². The van der Waals surface area contributed by atoms with Crippen molar-refractivity contribution in [3.8, 4) is 11.5 Å². The van der Waals surface area contributed by atoms with E-state index >= 15 is 9.59 Å². The van der Waals surface area contributed by atoms with Crippen LogP contribution in [0, 0.1) is 27.6 Å². The number of allylic oxidation sites excluding steroid dienone is 6. The summed E-state index contributed by atoms with van der Waals surface area (Å²) in [5, 5.41) is 32.4. The summed E-state index contributed by atoms with van der Waals surface area (Å²) in [5.74, 6) is -2.31. The van der Waals surface area contributed by atoms with Crippen molar-refractivity contribution >= 4 is 17.3 Å². The van der Waals surface area contributed by atoms with Crippen molar-refractivity contribution in [1.82, 2.24) is 0 Å². The summed E-state index contributed by atoms with van der Waals surface area (Å²) in [6, 6.07) is 3.73. The number of carbonyl (C=O) groups excluding carboxylic acids is 3. The molecule has 45 heavy (non-hydrogen) atoms. The summed E-state index contributed by atoms with van der Waals surface area (Å²) in [7, 11) is 0. The monoisotopic (exact) mass is 618 g/mol. The maximum Gasteiger partial charge on any atom is 0.200 e. The maximum atomic E-state index is 15.4. The number of ketones is 3. The zero-order chi connectivity index (χ0) is 33.5. The van der Waals surface area contributed by atoms with E-state index in [2.05, 4.69) is 19.9 Å². The fourth-order valence-electron chi connectivity index (χ4n) is 9.07. The number of Topliss-reactive ketones (excluding diaryl/α,β-unsaturated/α-hetero) is 3. The molecular formula is C38H50O7. The molecule has 5 atom stereocenters. The smallest absolute Gasteiger partial charge is 0.200 e. The lowest BCUT2D eigenvalue weighted by Gasteiger charge is -2.59. The summed E-state index contributed by atoms with van der Waals surface area (Å²) >= 11 is 0. The van der Waals surface area contributed by atoms with E-state index in [1.165, 1.54) is 12.1 Å². The topological polar surface area (TPSA) is 121 Å². The number of ether oxygens (including phenoxy) is 1. The molecule has 0 aromatic heterocycles. The third-order valence-electron chi connectivity index (χ3n) is 11.8. The molecule has 244 valence electrons. The summed E-state index contributed by atoms with van der Waals surface area (Å²) < 4.78 is 6.87. The lowest BCUT2D eigenvalue weighted by atomic mass is 9.39. The highest BCUT2D eigenvalue weighted by atomic mass is 16.5. The molecule has 1 aliphatic heterocycles. The Hall–Kier alpha value is -3.19. The molecule has 2 bridgehead atoms. The third kappa shape index (κ3) is 4.75. The molecule has 1 aromatic rings. The van der Waals surface area contributed by atoms with Crippen molar-refractivity contribution in [3.05, 3.63) is 58.4 Å². The van der Waals surface area contributed by atoms with Gasteiger partial charge in [-0.2, -0.15) is 0 Å². The van der Waals surface area contributed by atoms with Crippen molar-refractivity contribution in [1.29, 1.82) is 0 Å². The average molecular weight is 619 g/mol. The van der Waals surface area contributed by atoms with Crippen LogP contribution in [0.15, 0.2) is 52.8 Å². The zero-order valence-electron chi connectivity index (χ0n) is 28.4. The van der Waals surface area contributed by atoms with Crippen LogP contribution in [0.25, 0.3) is 0 Å². The lowest BCUT2D eigenvalue weighted by molar-refractivity contribution is -0.183. The highest BCUT2D eigenvalue weighted by molar-refractivity contribution is 6.35. The van der Waals surface area contributed by atoms with Gasteiger partial charge >= 0.3 is 0 Å². The van der Waals surface area contributed by atoms with Crippen LogP contribution < -0.4 is 0 Å². The minimum Gasteiger partial charge on any atom is -0.504 e. The first-order valence-corrected chi connectivity index (χ1v) is 16.3. The largest absolute Gasteiger partial charge is 0.504 e. The van der Waals surface area contributed by atoms with Gasteiger partial charge in [0.2, 0.25) is 0 Å². The van der Waals surface area contributed by atoms with Crippen LogP contribution in [0.2, 0.25) is 0 Å². The Balaban J connectivity index is 1.84. The first-order chi connectivity index (χ1) is 20.7. The number of phenolic OH excluding ortho intramolecular Hbond substituents is 2. The molecule has 3 aliphatic carbocycles. The van der Waals surface area contributed by atoms with Gasteiger partial charge in [0.25, 0.3) is 0 Å². The van der Waals surface area contributed by atoms with Crippen LogP contribution >= 0.6 is 0 Å². The van der Waals surface area contributed by atoms with Crippen molar-refractivity contribution in [2.75, 3.05) is 0 Å². The van der Waals surface area contributed by atoms with E-state index in [4.69, 9.17) is 4.74 Å². The molecule has 0 amide bonds. The van der Waals surface area contributed by atoms with Gasteiger partial charge in [-0.05, 0) is 108 Å². The second kappa shape index (κ2) is 10.4. The van der Waals surface area contributed by atoms with Gasteiger partial charge in [-0.15, -0.1) is 0 Å². The Bertz CT molecular complexity index is 1560. The predicted octanol–water partition coefficient (Wildman–Crippen LogP) is 7.54. The fourth-order valence-corrected chi connectivity index (χ4v) is 9.07. The number of rotatable bonds is 6. The molecule has 3 fully saturated rings. The molecule has 0 radical (unpaired) electrons. The van der Waals surface area contributed by atoms with Crippen molar-refractivity contribution in [2.24, 2.45) is 27.6 Å². The highest BCUT2D eigenvalue weighted by Gasteiger charge is 2.78. The molecule has 7 heteroatoms. The van der Waals surface area contributed by atoms with Gasteiger partial charge < -0.3 is 20.1 Å². The van der Waals surface area contributed by atoms with Crippen LogP contribution in [-0.2, 0) is 14.3 Å². The number of aromatic hydroxyl groups is 2. The van der Waals surface area contributed by atoms with E-state index in [-0.39, 0.29) is 52.6 Å². The molecular weight excluding hydrogens is 568 g/mol. The average Bonchev–Trinajstić information content (AvgIpc) is 3.25. The van der Waals surface area contributed by atoms with E-state index in [0.29, 0.717) is 25.7 Å². The summed E-state index contributed by atoms with van der Waals surface area (Å²) in [5.41, 5.74) is -4.36. The molecule has 2 saturated carbocycles. The van der Waals surface area contributed by atoms with E-state index in [1.807, 2.05) is 47.6 Å². The first-order valence-electron chi connectivity index (χ1n) is 16.3. The van der Waals surface area contributed by atoms with Gasteiger partial charge in [0.1, 0.15) is 27.9 Å². The Morgan fingerprint density at radius 2 is 1.58 bits per heavy atom. The van der Waals surface area contributed by atoms with Gasteiger partial charge in [-0.25, -0.2) is 0 Å². The normalized spacial score (nSPS) is 34.7. The highest BCUT2D eigenvalue weighted by Crippen LogP contribution is 2.72. The van der Waals surface area contributed by atoms with E-state index < -0.39 is 44.8 Å². The molecule has 2 spiro atoms. The Labute approximate surface area is 267 Å². The number of aliphatic hydroxyl groups is 1. The number of phenols is 2. The molecule has 5 unspecified atom stereocenters. The second-order valence-electron chi connectivity index (χ2n) is 16.4. The first kappa shape index (κ1) is 33.2. The third-order valence-corrected chi connectivity index (χ3v) is 11.8. The minimum atomic E-state index is -1.55. The molecule has 1 aromatic carbocycles. The Morgan fingerprint density at radius 3 is 2.16 bits per heavy atom. The summed E-state index contributed by atoms with van der Waals surface area (Å²) in [6.07, 6.45) is 7.15. The number of carbonyl (C=O) groups is 3. The number of fused-ring (bicyclic) bond motifs is 1. The summed E-state index contributed by atoms with van der Waals surface area (Å²) in [4.78, 5) is 45.1. The van der Waals surface area contributed by atoms with Gasteiger partial charge in [0.05, 0.1) is 5.41 Å². The lowest BCUT2D eigenvalue weighted by Crippen LogP contribution is -2.66. The molecule has 4 aliphatic rings. The van der Waals surface area contributed by atoms with Crippen molar-refractivity contribution in [3.63, 3.8) is 0 Å². The number of hydrogen-bond donors (Lipinski definition) is 3. The second-order valence-corrected chi connectivity index (χ2v) is 16.4. The Morgan fingerprint density at radius 1 is 0.933 bits per heavy atom. The van der Waals surface area contributed by atoms with Crippen molar-refractivity contribution in [2.45, 2.75) is 118 Å². The predicted molar refractivity (Wildman–Crippen MR) is 173 cm³/mol. The maximum absolute atomic E-state index is 15.4. The number of hydrogen-bond acceptors (Lipinski definition) is 7. The SMILES string of the molecule is CC(C)=CCC1CC23CC4(CCC(C)(C)CC4(C)O)OC2=C(C(=O)c2ccc(O)c(O)c2)C(=O)C(CC=C(C)C)(C3=O)C1(C)C. The standard InChI is InChI=1S/C38H50O7/c1-22(2)10-12-25-19-36-21-37(17-16-33(5,6)20-35(37,9)44)45-31(36)28(29(41)24-11-13-26(39)27(40)18-24)30(42)38(32(36)43,34(25,7)8)15-14-23(3)4/h10-11,13-14,18,25,39-40,44H,12,15-17,19-21H2,1-9H3. The van der Waals surface area contributed by atoms with Gasteiger partial charge in [0, 0.05) is 12.0 Å². The summed E-state index contributed by atoms with van der Waals surface area (Å²) in [6.45, 7) is 17.9. The van der Waals surface area contributed by atoms with Crippen LogP contribution in [0.3, 0.4) is 0 Å². The van der Waals surface area contributed by atoms with E-state index in [1.54, 1.807) is 6.92 Å². The van der Waals surface area contributed by atoms with Gasteiger partial charge in [-0.1, -0.05) is 51.0 Å². The molecule has 1 heterocycles. The molecule has 5 rings (SSSR count). The quantitative estimate of drug-likeness (QED) is 0.0990. The molecule has 1 saturated heterocycles.